The van der Waals surface area contributed by atoms with Crippen molar-refractivity contribution < 1.29 is 28.0 Å². The number of ketones is 1. The zero-order chi connectivity index (χ0) is 33.9. The number of phosphoric ester groups is 1. The Bertz CT molecular complexity index is 926. The summed E-state index contributed by atoms with van der Waals surface area (Å²) in [5, 5.41) is 0. The number of rotatable bonds is 32. The summed E-state index contributed by atoms with van der Waals surface area (Å²) < 4.78 is 29.9. The lowest BCUT2D eigenvalue weighted by molar-refractivity contribution is -0.118. The minimum atomic E-state index is -4.25. The Kier molecular flexibility index (Phi) is 25.7. The van der Waals surface area contributed by atoms with Crippen LogP contribution in [0.25, 0.3) is 0 Å². The van der Waals surface area contributed by atoms with Gasteiger partial charge in [-0.1, -0.05) is 128 Å². The first-order valence-corrected chi connectivity index (χ1v) is 20.2. The van der Waals surface area contributed by atoms with E-state index in [9.17, 15) is 14.3 Å². The molecule has 0 amide bonds. The predicted octanol–water partition coefficient (Wildman–Crippen LogP) is 10.7. The first-order chi connectivity index (χ1) is 22.2. The van der Waals surface area contributed by atoms with Gasteiger partial charge in [-0.05, 0) is 77.2 Å². The largest absolute Gasteiger partial charge is 0.493 e. The van der Waals surface area contributed by atoms with E-state index >= 15 is 0 Å². The standard InChI is InChI=1S/C38H70NO6P/c1-6-8-9-10-11-12-13-14-15-16-17-18-19-20-21-24-30-43-38-28-23-22-26-36(38)32-35(31-34(3)40)33-44-46(41,42)45-37(7-2)27-25-29-39(4)5/h22-23,26,28,35,37H,6-21,24-25,27,29-33H2,1-5H3,(H,41,42). The Morgan fingerprint density at radius 1 is 0.826 bits per heavy atom. The molecule has 0 saturated heterocycles. The van der Waals surface area contributed by atoms with E-state index in [0.29, 0.717) is 25.9 Å². The summed E-state index contributed by atoms with van der Waals surface area (Å²) in [6.45, 7) is 7.28. The first kappa shape index (κ1) is 42.8. The molecule has 0 radical (unpaired) electrons. The maximum Gasteiger partial charge on any atom is 0.472 e. The van der Waals surface area contributed by atoms with Gasteiger partial charge in [-0.15, -0.1) is 0 Å². The molecule has 1 rings (SSSR count). The van der Waals surface area contributed by atoms with Crippen molar-refractivity contribution in [3.05, 3.63) is 29.8 Å². The summed E-state index contributed by atoms with van der Waals surface area (Å²) in [5.74, 6) is 0.576. The number of nitrogens with zero attached hydrogens (tertiary/aromatic N) is 1. The number of carbonyl (C=O) groups is 1. The monoisotopic (exact) mass is 667 g/mol. The normalized spacial score (nSPS) is 14.3. The maximum atomic E-state index is 12.8. The Labute approximate surface area is 283 Å². The van der Waals surface area contributed by atoms with Gasteiger partial charge in [-0.25, -0.2) is 4.57 Å². The van der Waals surface area contributed by atoms with Crippen LogP contribution in [0, 0.1) is 5.92 Å². The molecule has 8 heteroatoms. The Morgan fingerprint density at radius 3 is 1.89 bits per heavy atom. The molecule has 0 aromatic heterocycles. The molecule has 46 heavy (non-hydrogen) atoms. The van der Waals surface area contributed by atoms with Crippen LogP contribution in [0.3, 0.4) is 0 Å². The fourth-order valence-electron chi connectivity index (χ4n) is 5.94. The highest BCUT2D eigenvalue weighted by Gasteiger charge is 2.28. The second-order valence-electron chi connectivity index (χ2n) is 13.6. The molecule has 0 aliphatic heterocycles. The third-order valence-electron chi connectivity index (χ3n) is 8.66. The summed E-state index contributed by atoms with van der Waals surface area (Å²) in [5.41, 5.74) is 0.984. The van der Waals surface area contributed by atoms with Gasteiger partial charge >= 0.3 is 7.82 Å². The molecule has 0 heterocycles. The average Bonchev–Trinajstić information content (AvgIpc) is 3.01. The van der Waals surface area contributed by atoms with Crippen LogP contribution in [0.1, 0.15) is 155 Å². The highest BCUT2D eigenvalue weighted by Crippen LogP contribution is 2.46. The van der Waals surface area contributed by atoms with Gasteiger partial charge in [0.15, 0.2) is 0 Å². The molecule has 0 aliphatic carbocycles. The number of phosphoric acid groups is 1. The number of hydrogen-bond acceptors (Lipinski definition) is 6. The van der Waals surface area contributed by atoms with Gasteiger partial charge in [-0.2, -0.15) is 0 Å². The van der Waals surface area contributed by atoms with Crippen LogP contribution in [-0.4, -0.2) is 55.5 Å². The summed E-state index contributed by atoms with van der Waals surface area (Å²) in [6.07, 6.45) is 24.1. The van der Waals surface area contributed by atoms with Gasteiger partial charge < -0.3 is 19.3 Å². The quantitative estimate of drug-likeness (QED) is 0.0604. The molecule has 3 atom stereocenters. The minimum Gasteiger partial charge on any atom is -0.493 e. The summed E-state index contributed by atoms with van der Waals surface area (Å²) >= 11 is 0. The van der Waals surface area contributed by atoms with Crippen LogP contribution in [0.5, 0.6) is 5.75 Å². The molecule has 0 saturated carbocycles. The van der Waals surface area contributed by atoms with Crippen molar-refractivity contribution in [3.63, 3.8) is 0 Å². The van der Waals surface area contributed by atoms with Crippen molar-refractivity contribution in [3.8, 4) is 5.75 Å². The molecular formula is C38H70NO6P. The van der Waals surface area contributed by atoms with Crippen molar-refractivity contribution in [2.75, 3.05) is 33.9 Å². The van der Waals surface area contributed by atoms with Gasteiger partial charge in [0.25, 0.3) is 0 Å². The summed E-state index contributed by atoms with van der Waals surface area (Å²) in [6, 6.07) is 7.89. The van der Waals surface area contributed by atoms with Gasteiger partial charge in [0.2, 0.25) is 0 Å². The number of unbranched alkanes of at least 4 members (excludes halogenated alkanes) is 15. The second-order valence-corrected chi connectivity index (χ2v) is 15.0. The van der Waals surface area contributed by atoms with E-state index in [0.717, 1.165) is 30.7 Å². The zero-order valence-electron chi connectivity index (χ0n) is 30.3. The van der Waals surface area contributed by atoms with Gasteiger partial charge in [-0.3, -0.25) is 9.05 Å². The molecule has 1 aromatic carbocycles. The van der Waals surface area contributed by atoms with E-state index in [2.05, 4.69) is 11.8 Å². The third-order valence-corrected chi connectivity index (χ3v) is 9.70. The molecule has 0 bridgehead atoms. The van der Waals surface area contributed by atoms with Crippen molar-refractivity contribution in [1.29, 1.82) is 0 Å². The fourth-order valence-corrected chi connectivity index (χ4v) is 7.03. The van der Waals surface area contributed by atoms with Crippen LogP contribution < -0.4 is 4.74 Å². The molecule has 0 fully saturated rings. The summed E-state index contributed by atoms with van der Waals surface area (Å²) in [4.78, 5) is 24.6. The van der Waals surface area contributed by atoms with Crippen LogP contribution in [0.2, 0.25) is 0 Å². The Balaban J connectivity index is 2.34. The van der Waals surface area contributed by atoms with Crippen molar-refractivity contribution >= 4 is 13.6 Å². The number of carbonyl (C=O) groups excluding carboxylic acids is 1. The van der Waals surface area contributed by atoms with E-state index in [1.54, 1.807) is 6.92 Å². The molecule has 1 N–H and O–H groups in total. The van der Waals surface area contributed by atoms with E-state index in [1.807, 2.05) is 45.3 Å². The van der Waals surface area contributed by atoms with Gasteiger partial charge in [0.1, 0.15) is 11.5 Å². The maximum absolute atomic E-state index is 12.8. The Hall–Kier alpha value is -1.24. The third kappa shape index (κ3) is 24.0. The molecule has 1 aromatic rings. The highest BCUT2D eigenvalue weighted by atomic mass is 31.2. The number of Topliss-reactive ketones (excluding diaryl/α,β-unsaturated/α-hetero) is 1. The lowest BCUT2D eigenvalue weighted by atomic mass is 9.95. The van der Waals surface area contributed by atoms with Crippen molar-refractivity contribution in [2.45, 2.75) is 162 Å². The van der Waals surface area contributed by atoms with E-state index in [1.165, 1.54) is 96.3 Å². The van der Waals surface area contributed by atoms with Crippen LogP contribution >= 0.6 is 7.82 Å². The lowest BCUT2D eigenvalue weighted by Gasteiger charge is -2.23. The van der Waals surface area contributed by atoms with E-state index in [-0.39, 0.29) is 30.8 Å². The molecule has 268 valence electrons. The predicted molar refractivity (Wildman–Crippen MR) is 193 cm³/mol. The van der Waals surface area contributed by atoms with Crippen LogP contribution in [0.4, 0.5) is 0 Å². The second kappa shape index (κ2) is 27.7. The van der Waals surface area contributed by atoms with Crippen molar-refractivity contribution in [1.82, 2.24) is 4.90 Å². The van der Waals surface area contributed by atoms with Gasteiger partial charge in [0.05, 0.1) is 19.3 Å². The fraction of sp³-hybridized carbons (Fsp3) is 0.816. The highest BCUT2D eigenvalue weighted by molar-refractivity contribution is 7.47. The number of benzene rings is 1. The molecule has 3 unspecified atom stereocenters. The number of hydrogen-bond donors (Lipinski definition) is 1. The van der Waals surface area contributed by atoms with Crippen LogP contribution in [-0.2, 0) is 24.8 Å². The summed E-state index contributed by atoms with van der Waals surface area (Å²) in [7, 11) is -0.244. The molecule has 7 nitrogen and oxygen atoms in total. The molecular weight excluding hydrogens is 597 g/mol. The average molecular weight is 668 g/mol. The number of ether oxygens (including phenoxy) is 1. The van der Waals surface area contributed by atoms with E-state index < -0.39 is 7.82 Å². The first-order valence-electron chi connectivity index (χ1n) is 18.7. The molecule has 0 spiro atoms. The smallest absolute Gasteiger partial charge is 0.472 e. The number of para-hydroxylation sites is 1. The zero-order valence-corrected chi connectivity index (χ0v) is 31.2. The van der Waals surface area contributed by atoms with Gasteiger partial charge in [0, 0.05) is 6.42 Å². The lowest BCUT2D eigenvalue weighted by Crippen LogP contribution is -2.19. The van der Waals surface area contributed by atoms with Crippen LogP contribution in [0.15, 0.2) is 24.3 Å². The Morgan fingerprint density at radius 2 is 1.37 bits per heavy atom. The minimum absolute atomic E-state index is 0.0176. The SMILES string of the molecule is CCCCCCCCCCCCCCCCCCOc1ccccc1CC(COP(=O)(O)OC(CC)CCCN(C)C)CC(C)=O. The van der Waals surface area contributed by atoms with E-state index in [4.69, 9.17) is 13.8 Å². The topological polar surface area (TPSA) is 85.3 Å². The van der Waals surface area contributed by atoms with Crippen molar-refractivity contribution in [2.24, 2.45) is 5.92 Å². The molecule has 0 aliphatic rings.